The first-order valence-electron chi connectivity index (χ1n) is 8.13. The molecule has 0 fully saturated rings. The van der Waals surface area contributed by atoms with Crippen LogP contribution in [0.3, 0.4) is 0 Å². The summed E-state index contributed by atoms with van der Waals surface area (Å²) in [6, 6.07) is 6.96. The SMILES string of the molecule is CC(=O)N1C(=O)/C(=C\c2cc3c(cc2Br)OCO3)c2cc3c(cc21)OCO3. The highest BCUT2D eigenvalue weighted by Gasteiger charge is 2.37. The number of nitrogens with zero attached hydrogens (tertiary/aromatic N) is 1. The number of rotatable bonds is 1. The summed E-state index contributed by atoms with van der Waals surface area (Å²) in [7, 11) is 0. The first kappa shape index (κ1) is 16.2. The van der Waals surface area contributed by atoms with Gasteiger partial charge in [-0.3, -0.25) is 9.59 Å². The van der Waals surface area contributed by atoms with Crippen molar-refractivity contribution in [2.45, 2.75) is 6.92 Å². The number of hydrogen-bond acceptors (Lipinski definition) is 6. The molecule has 0 aromatic heterocycles. The second-order valence-corrected chi connectivity index (χ2v) is 7.02. The Labute approximate surface area is 162 Å². The predicted octanol–water partition coefficient (Wildman–Crippen LogP) is 3.34. The van der Waals surface area contributed by atoms with E-state index < -0.39 is 5.91 Å². The lowest BCUT2D eigenvalue weighted by Crippen LogP contribution is -2.31. The van der Waals surface area contributed by atoms with Gasteiger partial charge in [0.25, 0.3) is 5.91 Å². The van der Waals surface area contributed by atoms with Crippen molar-refractivity contribution in [2.24, 2.45) is 0 Å². The van der Waals surface area contributed by atoms with Crippen molar-refractivity contribution in [3.05, 3.63) is 39.9 Å². The zero-order chi connectivity index (χ0) is 18.7. The standard InChI is InChI=1S/C19H12BrNO6/c1-9(22)21-14-6-18-16(25-8-27-18)4-11(14)12(19(21)23)2-10-3-15-17(5-13(10)20)26-7-24-15/h2-6H,7-8H2,1H3/b12-2-. The molecular formula is C19H12BrNO6. The van der Waals surface area contributed by atoms with Crippen molar-refractivity contribution >= 4 is 45.1 Å². The zero-order valence-corrected chi connectivity index (χ0v) is 15.7. The lowest BCUT2D eigenvalue weighted by atomic mass is 10.0. The first-order valence-corrected chi connectivity index (χ1v) is 8.92. The van der Waals surface area contributed by atoms with Crippen LogP contribution in [0.25, 0.3) is 11.6 Å². The summed E-state index contributed by atoms with van der Waals surface area (Å²) < 4.78 is 22.3. The summed E-state index contributed by atoms with van der Waals surface area (Å²) in [6.45, 7) is 1.62. The summed E-state index contributed by atoms with van der Waals surface area (Å²) in [5.74, 6) is 1.53. The second-order valence-electron chi connectivity index (χ2n) is 6.17. The summed E-state index contributed by atoms with van der Waals surface area (Å²) in [5, 5.41) is 0. The third-order valence-corrected chi connectivity index (χ3v) is 5.25. The average molecular weight is 430 g/mol. The monoisotopic (exact) mass is 429 g/mol. The fourth-order valence-corrected chi connectivity index (χ4v) is 3.76. The molecule has 7 nitrogen and oxygen atoms in total. The van der Waals surface area contributed by atoms with Gasteiger partial charge in [-0.15, -0.1) is 0 Å². The Kier molecular flexibility index (Phi) is 3.45. The maximum atomic E-state index is 13.0. The normalized spacial score (nSPS) is 17.6. The van der Waals surface area contributed by atoms with Crippen LogP contribution in [-0.4, -0.2) is 25.4 Å². The van der Waals surface area contributed by atoms with Gasteiger partial charge in [-0.25, -0.2) is 4.90 Å². The Bertz CT molecular complexity index is 1060. The number of anilines is 1. The third-order valence-electron chi connectivity index (χ3n) is 4.56. The van der Waals surface area contributed by atoms with E-state index >= 15 is 0 Å². The molecule has 3 aliphatic rings. The fourth-order valence-electron chi connectivity index (χ4n) is 3.33. The van der Waals surface area contributed by atoms with Crippen molar-refractivity contribution in [1.82, 2.24) is 0 Å². The molecule has 3 heterocycles. The molecule has 2 aromatic carbocycles. The first-order chi connectivity index (χ1) is 13.0. The maximum absolute atomic E-state index is 13.0. The van der Waals surface area contributed by atoms with Gasteiger partial charge in [0.15, 0.2) is 23.0 Å². The largest absolute Gasteiger partial charge is 0.454 e. The molecule has 0 saturated carbocycles. The minimum absolute atomic E-state index is 0.110. The Morgan fingerprint density at radius 2 is 1.59 bits per heavy atom. The predicted molar refractivity (Wildman–Crippen MR) is 98.9 cm³/mol. The highest BCUT2D eigenvalue weighted by molar-refractivity contribution is 9.10. The molecule has 0 aliphatic carbocycles. The molecule has 27 heavy (non-hydrogen) atoms. The van der Waals surface area contributed by atoms with E-state index in [9.17, 15) is 9.59 Å². The van der Waals surface area contributed by atoms with Crippen molar-refractivity contribution in [3.63, 3.8) is 0 Å². The number of halogens is 1. The average Bonchev–Trinajstić information content (AvgIpc) is 3.31. The molecule has 5 rings (SSSR count). The van der Waals surface area contributed by atoms with E-state index in [0.717, 1.165) is 14.9 Å². The van der Waals surface area contributed by atoms with Crippen LogP contribution in [-0.2, 0) is 9.59 Å². The van der Waals surface area contributed by atoms with Gasteiger partial charge in [0.2, 0.25) is 19.5 Å². The molecule has 0 N–H and O–H groups in total. The highest BCUT2D eigenvalue weighted by Crippen LogP contribution is 2.47. The summed E-state index contributed by atoms with van der Waals surface area (Å²) >= 11 is 3.49. The quantitative estimate of drug-likeness (QED) is 0.647. The Hall–Kier alpha value is -3.00. The van der Waals surface area contributed by atoms with Gasteiger partial charge in [-0.1, -0.05) is 15.9 Å². The molecule has 3 aliphatic heterocycles. The number of amides is 2. The van der Waals surface area contributed by atoms with Crippen molar-refractivity contribution in [2.75, 3.05) is 18.5 Å². The maximum Gasteiger partial charge on any atom is 0.265 e. The summed E-state index contributed by atoms with van der Waals surface area (Å²) in [4.78, 5) is 26.2. The second kappa shape index (κ2) is 5.75. The smallest absolute Gasteiger partial charge is 0.265 e. The fraction of sp³-hybridized carbons (Fsp3) is 0.158. The number of hydrogen-bond donors (Lipinski definition) is 0. The van der Waals surface area contributed by atoms with E-state index in [1.54, 1.807) is 30.3 Å². The van der Waals surface area contributed by atoms with Crippen LogP contribution in [0, 0.1) is 0 Å². The molecule has 136 valence electrons. The van der Waals surface area contributed by atoms with Gasteiger partial charge in [0.1, 0.15) is 0 Å². The van der Waals surface area contributed by atoms with Crippen molar-refractivity contribution < 1.29 is 28.5 Å². The molecule has 0 unspecified atom stereocenters. The molecule has 2 amide bonds. The number of carbonyl (C=O) groups is 2. The van der Waals surface area contributed by atoms with Crippen LogP contribution in [0.2, 0.25) is 0 Å². The van der Waals surface area contributed by atoms with Crippen molar-refractivity contribution in [3.8, 4) is 23.0 Å². The Morgan fingerprint density at radius 3 is 2.26 bits per heavy atom. The third kappa shape index (κ3) is 2.40. The van der Waals surface area contributed by atoms with Crippen LogP contribution >= 0.6 is 15.9 Å². The minimum Gasteiger partial charge on any atom is -0.454 e. The molecule has 0 radical (unpaired) electrons. The van der Waals surface area contributed by atoms with Crippen molar-refractivity contribution in [1.29, 1.82) is 0 Å². The molecule has 0 saturated heterocycles. The van der Waals surface area contributed by atoms with E-state index in [4.69, 9.17) is 18.9 Å². The molecule has 0 atom stereocenters. The number of ether oxygens (including phenoxy) is 4. The molecular weight excluding hydrogens is 418 g/mol. The highest BCUT2D eigenvalue weighted by atomic mass is 79.9. The topological polar surface area (TPSA) is 74.3 Å². The molecule has 0 bridgehead atoms. The Morgan fingerprint density at radius 1 is 1.00 bits per heavy atom. The van der Waals surface area contributed by atoms with Gasteiger partial charge in [0.05, 0.1) is 11.3 Å². The lowest BCUT2D eigenvalue weighted by Gasteiger charge is -2.12. The number of carbonyl (C=O) groups excluding carboxylic acids is 2. The van der Waals surface area contributed by atoms with E-state index in [1.807, 2.05) is 0 Å². The minimum atomic E-state index is -0.397. The molecule has 8 heteroatoms. The number of fused-ring (bicyclic) bond motifs is 3. The van der Waals surface area contributed by atoms with Crippen LogP contribution < -0.4 is 23.8 Å². The number of imide groups is 1. The van der Waals surface area contributed by atoms with Gasteiger partial charge >= 0.3 is 0 Å². The lowest BCUT2D eigenvalue weighted by molar-refractivity contribution is -0.122. The van der Waals surface area contributed by atoms with Crippen LogP contribution in [0.4, 0.5) is 5.69 Å². The number of benzene rings is 2. The molecule has 2 aromatic rings. The van der Waals surface area contributed by atoms with Gasteiger partial charge in [0, 0.05) is 23.0 Å². The summed E-state index contributed by atoms with van der Waals surface area (Å²) in [5.41, 5.74) is 2.22. The van der Waals surface area contributed by atoms with E-state index in [-0.39, 0.29) is 19.5 Å². The van der Waals surface area contributed by atoms with Gasteiger partial charge in [-0.2, -0.15) is 0 Å². The van der Waals surface area contributed by atoms with E-state index in [1.165, 1.54) is 6.92 Å². The van der Waals surface area contributed by atoms with Gasteiger partial charge in [-0.05, 0) is 29.8 Å². The Balaban J connectivity index is 1.68. The summed E-state index contributed by atoms with van der Waals surface area (Å²) in [6.07, 6.45) is 1.72. The van der Waals surface area contributed by atoms with Crippen LogP contribution in [0.1, 0.15) is 18.1 Å². The van der Waals surface area contributed by atoms with Crippen LogP contribution in [0.5, 0.6) is 23.0 Å². The molecule has 0 spiro atoms. The van der Waals surface area contributed by atoms with Gasteiger partial charge < -0.3 is 18.9 Å². The zero-order valence-electron chi connectivity index (χ0n) is 14.1. The van der Waals surface area contributed by atoms with Crippen LogP contribution in [0.15, 0.2) is 28.7 Å². The van der Waals surface area contributed by atoms with E-state index in [2.05, 4.69) is 15.9 Å². The van der Waals surface area contributed by atoms with E-state index in [0.29, 0.717) is 39.8 Å².